The standard InChI is InChI=1S/C26H24N2O5/c1-4-33-20-12-8-9-18(16-20)27-24-23(17-13-14-21(31-2)22(15-17)32-3)25(29)28(26(24)30)19-10-6-5-7-11-19/h5-16,27H,4H2,1-3H3. The van der Waals surface area contributed by atoms with Crippen molar-refractivity contribution in [1.82, 2.24) is 0 Å². The van der Waals surface area contributed by atoms with Crippen molar-refractivity contribution >= 4 is 28.8 Å². The van der Waals surface area contributed by atoms with Gasteiger partial charge in [-0.1, -0.05) is 30.3 Å². The molecule has 1 aliphatic heterocycles. The summed E-state index contributed by atoms with van der Waals surface area (Å²) in [7, 11) is 3.06. The number of carbonyl (C=O) groups excluding carboxylic acids is 2. The fourth-order valence-electron chi connectivity index (χ4n) is 3.69. The Hall–Kier alpha value is -4.26. The molecule has 0 bridgehead atoms. The summed E-state index contributed by atoms with van der Waals surface area (Å²) in [6.07, 6.45) is 0. The normalized spacial score (nSPS) is 13.4. The van der Waals surface area contributed by atoms with Crippen LogP contribution >= 0.6 is 0 Å². The van der Waals surface area contributed by atoms with Crippen LogP contribution in [-0.2, 0) is 9.59 Å². The van der Waals surface area contributed by atoms with E-state index < -0.39 is 11.8 Å². The molecule has 0 saturated carbocycles. The fourth-order valence-corrected chi connectivity index (χ4v) is 3.69. The van der Waals surface area contributed by atoms with E-state index in [1.165, 1.54) is 19.1 Å². The molecule has 0 aromatic heterocycles. The Bertz CT molecular complexity index is 1220. The first-order valence-electron chi connectivity index (χ1n) is 10.5. The number of hydrogen-bond acceptors (Lipinski definition) is 6. The van der Waals surface area contributed by atoms with Gasteiger partial charge in [0.05, 0.1) is 32.1 Å². The second-order valence-corrected chi connectivity index (χ2v) is 7.19. The van der Waals surface area contributed by atoms with Crippen LogP contribution in [0.1, 0.15) is 12.5 Å². The summed E-state index contributed by atoms with van der Waals surface area (Å²) >= 11 is 0. The number of hydrogen-bond donors (Lipinski definition) is 1. The van der Waals surface area contributed by atoms with Crippen molar-refractivity contribution in [3.63, 3.8) is 0 Å². The quantitative estimate of drug-likeness (QED) is 0.516. The van der Waals surface area contributed by atoms with Crippen LogP contribution < -0.4 is 24.4 Å². The van der Waals surface area contributed by atoms with Crippen LogP contribution in [0, 0.1) is 0 Å². The molecule has 33 heavy (non-hydrogen) atoms. The van der Waals surface area contributed by atoms with E-state index in [0.717, 1.165) is 0 Å². The van der Waals surface area contributed by atoms with Crippen molar-refractivity contribution in [3.05, 3.63) is 84.1 Å². The molecule has 0 aliphatic carbocycles. The summed E-state index contributed by atoms with van der Waals surface area (Å²) in [5, 5.41) is 3.15. The van der Waals surface area contributed by atoms with Gasteiger partial charge >= 0.3 is 0 Å². The molecular formula is C26H24N2O5. The Morgan fingerprint density at radius 1 is 0.818 bits per heavy atom. The number of carbonyl (C=O) groups is 2. The highest BCUT2D eigenvalue weighted by Gasteiger charge is 2.40. The van der Waals surface area contributed by atoms with Crippen molar-refractivity contribution in [2.24, 2.45) is 0 Å². The summed E-state index contributed by atoms with van der Waals surface area (Å²) in [4.78, 5) is 28.2. The van der Waals surface area contributed by atoms with E-state index in [4.69, 9.17) is 14.2 Å². The van der Waals surface area contributed by atoms with Crippen molar-refractivity contribution < 1.29 is 23.8 Å². The van der Waals surface area contributed by atoms with Crippen LogP contribution in [0.5, 0.6) is 17.2 Å². The van der Waals surface area contributed by atoms with Gasteiger partial charge in [0.25, 0.3) is 11.8 Å². The zero-order valence-electron chi connectivity index (χ0n) is 18.6. The molecule has 0 unspecified atom stereocenters. The third-order valence-electron chi connectivity index (χ3n) is 5.18. The molecule has 0 fully saturated rings. The molecule has 0 saturated heterocycles. The van der Waals surface area contributed by atoms with Crippen molar-refractivity contribution in [2.75, 3.05) is 31.0 Å². The molecular weight excluding hydrogens is 420 g/mol. The van der Waals surface area contributed by atoms with E-state index in [1.54, 1.807) is 48.5 Å². The number of para-hydroxylation sites is 1. The molecule has 7 nitrogen and oxygen atoms in total. The monoisotopic (exact) mass is 444 g/mol. The first-order chi connectivity index (χ1) is 16.1. The van der Waals surface area contributed by atoms with Gasteiger partial charge in [0.2, 0.25) is 0 Å². The number of benzene rings is 3. The van der Waals surface area contributed by atoms with Crippen molar-refractivity contribution in [3.8, 4) is 17.2 Å². The summed E-state index contributed by atoms with van der Waals surface area (Å²) in [5.41, 5.74) is 2.07. The Labute approximate surface area is 192 Å². The van der Waals surface area contributed by atoms with Gasteiger partial charge in [-0.15, -0.1) is 0 Å². The zero-order chi connectivity index (χ0) is 23.4. The van der Waals surface area contributed by atoms with E-state index >= 15 is 0 Å². The maximum absolute atomic E-state index is 13.6. The summed E-state index contributed by atoms with van der Waals surface area (Å²) in [6, 6.07) is 21.2. The van der Waals surface area contributed by atoms with Gasteiger partial charge in [-0.2, -0.15) is 0 Å². The molecule has 0 radical (unpaired) electrons. The van der Waals surface area contributed by atoms with E-state index in [9.17, 15) is 9.59 Å². The second kappa shape index (κ2) is 9.48. The number of nitrogens with one attached hydrogen (secondary N) is 1. The highest BCUT2D eigenvalue weighted by Crippen LogP contribution is 2.37. The van der Waals surface area contributed by atoms with Crippen LogP contribution in [0.4, 0.5) is 11.4 Å². The Kier molecular flexibility index (Phi) is 6.31. The van der Waals surface area contributed by atoms with Gasteiger partial charge in [-0.25, -0.2) is 4.90 Å². The third-order valence-corrected chi connectivity index (χ3v) is 5.18. The van der Waals surface area contributed by atoms with Gasteiger partial charge in [-0.05, 0) is 48.9 Å². The summed E-state index contributed by atoms with van der Waals surface area (Å²) < 4.78 is 16.3. The predicted octanol–water partition coefficient (Wildman–Crippen LogP) is 4.50. The number of amides is 2. The minimum absolute atomic E-state index is 0.171. The highest BCUT2D eigenvalue weighted by molar-refractivity contribution is 6.46. The van der Waals surface area contributed by atoms with Gasteiger partial charge in [0.15, 0.2) is 11.5 Å². The average molecular weight is 444 g/mol. The lowest BCUT2D eigenvalue weighted by Gasteiger charge is -2.15. The van der Waals surface area contributed by atoms with Crippen molar-refractivity contribution in [2.45, 2.75) is 6.92 Å². The first kappa shape index (κ1) is 22.0. The molecule has 1 heterocycles. The summed E-state index contributed by atoms with van der Waals surface area (Å²) in [5.74, 6) is 0.767. The van der Waals surface area contributed by atoms with E-state index in [0.29, 0.717) is 40.8 Å². The Balaban J connectivity index is 1.83. The molecule has 1 N–H and O–H groups in total. The van der Waals surface area contributed by atoms with Gasteiger partial charge in [0.1, 0.15) is 11.4 Å². The van der Waals surface area contributed by atoms with Gasteiger partial charge in [-0.3, -0.25) is 9.59 Å². The van der Waals surface area contributed by atoms with E-state index in [2.05, 4.69) is 5.32 Å². The summed E-state index contributed by atoms with van der Waals surface area (Å²) in [6.45, 7) is 2.41. The lowest BCUT2D eigenvalue weighted by atomic mass is 10.0. The van der Waals surface area contributed by atoms with Gasteiger partial charge < -0.3 is 19.5 Å². The first-order valence-corrected chi connectivity index (χ1v) is 10.5. The number of ether oxygens (including phenoxy) is 3. The van der Waals surface area contributed by atoms with Crippen LogP contribution in [0.25, 0.3) is 5.57 Å². The van der Waals surface area contributed by atoms with E-state index in [1.807, 2.05) is 31.2 Å². The molecule has 168 valence electrons. The largest absolute Gasteiger partial charge is 0.494 e. The smallest absolute Gasteiger partial charge is 0.282 e. The third kappa shape index (κ3) is 4.25. The molecule has 3 aromatic carbocycles. The van der Waals surface area contributed by atoms with Crippen LogP contribution in [-0.4, -0.2) is 32.6 Å². The maximum Gasteiger partial charge on any atom is 0.282 e. The van der Waals surface area contributed by atoms with Crippen LogP contribution in [0.3, 0.4) is 0 Å². The fraction of sp³-hybridized carbons (Fsp3) is 0.154. The molecule has 1 aliphatic rings. The Morgan fingerprint density at radius 3 is 2.27 bits per heavy atom. The number of rotatable bonds is 8. The molecule has 3 aromatic rings. The number of nitrogens with zero attached hydrogens (tertiary/aromatic N) is 1. The van der Waals surface area contributed by atoms with E-state index in [-0.39, 0.29) is 11.3 Å². The SMILES string of the molecule is CCOc1cccc(NC2=C(c3ccc(OC)c(OC)c3)C(=O)N(c3ccccc3)C2=O)c1. The van der Waals surface area contributed by atoms with Crippen LogP contribution in [0.2, 0.25) is 0 Å². The zero-order valence-corrected chi connectivity index (χ0v) is 18.6. The second-order valence-electron chi connectivity index (χ2n) is 7.19. The molecule has 0 spiro atoms. The molecule has 4 rings (SSSR count). The minimum atomic E-state index is -0.446. The van der Waals surface area contributed by atoms with Crippen LogP contribution in [0.15, 0.2) is 78.5 Å². The minimum Gasteiger partial charge on any atom is -0.494 e. The molecule has 7 heteroatoms. The van der Waals surface area contributed by atoms with Gasteiger partial charge in [0, 0.05) is 11.8 Å². The lowest BCUT2D eigenvalue weighted by Crippen LogP contribution is -2.32. The van der Waals surface area contributed by atoms with Crippen molar-refractivity contribution in [1.29, 1.82) is 0 Å². The topological polar surface area (TPSA) is 77.1 Å². The number of imide groups is 1. The average Bonchev–Trinajstić information content (AvgIpc) is 3.08. The predicted molar refractivity (Wildman–Crippen MR) is 127 cm³/mol. The number of methoxy groups -OCH3 is 2. The Morgan fingerprint density at radius 2 is 1.58 bits per heavy atom. The molecule has 2 amide bonds. The maximum atomic E-state index is 13.6. The lowest BCUT2D eigenvalue weighted by molar-refractivity contribution is -0.120. The molecule has 0 atom stereocenters. The highest BCUT2D eigenvalue weighted by atomic mass is 16.5. The number of anilines is 2.